The van der Waals surface area contributed by atoms with Crippen molar-refractivity contribution in [3.63, 3.8) is 0 Å². The van der Waals surface area contributed by atoms with Crippen LogP contribution in [0.3, 0.4) is 0 Å². The number of hydrogen-bond donors (Lipinski definition) is 4. The fraction of sp³-hybridized carbons (Fsp3) is 0.385. The third kappa shape index (κ3) is 7.67. The number of halogens is 1. The first-order valence-corrected chi connectivity index (χ1v) is 14.5. The van der Waals surface area contributed by atoms with E-state index in [1.807, 2.05) is 29.8 Å². The molecule has 5 rings (SSSR count). The highest BCUT2D eigenvalue weighted by Gasteiger charge is 2.21. The number of aliphatic hydroxyl groups is 1. The highest BCUT2D eigenvalue weighted by Crippen LogP contribution is 2.28. The third-order valence-corrected chi connectivity index (χ3v) is 7.77. The molecule has 3 aromatic heterocycles. The summed E-state index contributed by atoms with van der Waals surface area (Å²) < 4.78 is 2.02. The Kier molecular flexibility index (Phi) is 9.56. The van der Waals surface area contributed by atoms with Gasteiger partial charge in [0.25, 0.3) is 5.91 Å². The second-order valence-electron chi connectivity index (χ2n) is 9.46. The van der Waals surface area contributed by atoms with Gasteiger partial charge in [-0.2, -0.15) is 15.0 Å². The molecule has 0 atom stereocenters. The van der Waals surface area contributed by atoms with Gasteiger partial charge in [-0.3, -0.25) is 15.0 Å². The lowest BCUT2D eigenvalue weighted by Gasteiger charge is -2.34. The van der Waals surface area contributed by atoms with Gasteiger partial charge >= 0.3 is 0 Å². The van der Waals surface area contributed by atoms with Crippen LogP contribution < -0.4 is 20.9 Å². The summed E-state index contributed by atoms with van der Waals surface area (Å²) in [7, 11) is 0. The summed E-state index contributed by atoms with van der Waals surface area (Å²) in [6, 6.07) is 5.45. The van der Waals surface area contributed by atoms with Crippen molar-refractivity contribution in [2.75, 3.05) is 66.7 Å². The number of para-hydroxylation sites is 1. The van der Waals surface area contributed by atoms with Gasteiger partial charge in [0.05, 0.1) is 29.8 Å². The number of aryl methyl sites for hydroxylation is 2. The number of carbonyl (C=O) groups excluding carboxylic acids is 1. The van der Waals surface area contributed by atoms with Crippen molar-refractivity contribution in [1.29, 1.82) is 0 Å². The smallest absolute Gasteiger partial charge is 0.267 e. The molecule has 4 heterocycles. The van der Waals surface area contributed by atoms with Crippen LogP contribution in [0.25, 0.3) is 0 Å². The van der Waals surface area contributed by atoms with Crippen LogP contribution in [0.1, 0.15) is 21.7 Å². The number of amides is 1. The number of carbonyl (C=O) groups is 1. The lowest BCUT2D eigenvalue weighted by atomic mass is 10.2. The second-order valence-corrected chi connectivity index (χ2v) is 10.9. The van der Waals surface area contributed by atoms with Crippen molar-refractivity contribution in [2.45, 2.75) is 19.9 Å². The average Bonchev–Trinajstić information content (AvgIpc) is 3.66. The van der Waals surface area contributed by atoms with E-state index in [-0.39, 0.29) is 12.5 Å². The number of rotatable bonds is 12. The van der Waals surface area contributed by atoms with Crippen LogP contribution in [-0.2, 0) is 6.54 Å². The molecule has 1 aliphatic rings. The molecular formula is C26H32ClN11O2S. The Morgan fingerprint density at radius 1 is 1.12 bits per heavy atom. The van der Waals surface area contributed by atoms with Gasteiger partial charge in [0.1, 0.15) is 4.88 Å². The predicted molar refractivity (Wildman–Crippen MR) is 160 cm³/mol. The van der Waals surface area contributed by atoms with Crippen LogP contribution >= 0.6 is 22.9 Å². The number of anilines is 5. The Bertz CT molecular complexity index is 1420. The maximum Gasteiger partial charge on any atom is 0.267 e. The molecule has 1 aliphatic heterocycles. The van der Waals surface area contributed by atoms with E-state index >= 15 is 0 Å². The van der Waals surface area contributed by atoms with Crippen molar-refractivity contribution < 1.29 is 9.90 Å². The minimum Gasteiger partial charge on any atom is -0.395 e. The molecule has 1 aromatic carbocycles. The monoisotopic (exact) mass is 597 g/mol. The van der Waals surface area contributed by atoms with Crippen LogP contribution in [0, 0.1) is 6.92 Å². The second kappa shape index (κ2) is 13.7. The predicted octanol–water partition coefficient (Wildman–Crippen LogP) is 3.10. The van der Waals surface area contributed by atoms with Crippen molar-refractivity contribution in [3.05, 3.63) is 58.6 Å². The molecule has 0 spiro atoms. The standard InChI is InChI=1S/C26H32ClN11O2S/c1-18-4-2-5-19(27)21(18)31-22(40)20-16-30-26(41-20)35-24-32-23(29-6-3-8-37-9-7-28-17-37)33-25(34-24)38-12-10-36(11-13-38)14-15-39/h2,4-5,7,9,16-17,39H,3,6,8,10-15H2,1H3,(H,31,40)(H2,29,30,32,33,34,35). The van der Waals surface area contributed by atoms with Crippen LogP contribution in [0.4, 0.5) is 28.7 Å². The van der Waals surface area contributed by atoms with E-state index < -0.39 is 0 Å². The maximum absolute atomic E-state index is 12.9. The lowest BCUT2D eigenvalue weighted by molar-refractivity contribution is 0.103. The summed E-state index contributed by atoms with van der Waals surface area (Å²) in [6.45, 7) is 7.22. The molecule has 13 nitrogen and oxygen atoms in total. The Morgan fingerprint density at radius 2 is 1.95 bits per heavy atom. The van der Waals surface area contributed by atoms with Gasteiger partial charge in [-0.15, -0.1) is 0 Å². The van der Waals surface area contributed by atoms with E-state index in [4.69, 9.17) is 11.6 Å². The fourth-order valence-corrected chi connectivity index (χ4v) is 5.31. The SMILES string of the molecule is Cc1cccc(Cl)c1NC(=O)c1cnc(Nc2nc(NCCCn3ccnc3)nc(N3CCN(CCO)CC3)n2)s1. The largest absolute Gasteiger partial charge is 0.395 e. The van der Waals surface area contributed by atoms with Gasteiger partial charge < -0.3 is 25.2 Å². The quantitative estimate of drug-likeness (QED) is 0.178. The first kappa shape index (κ1) is 28.7. The average molecular weight is 598 g/mol. The summed E-state index contributed by atoms with van der Waals surface area (Å²) in [5, 5.41) is 19.5. The molecule has 1 fully saturated rings. The molecule has 4 aromatic rings. The van der Waals surface area contributed by atoms with Crippen LogP contribution in [-0.4, -0.2) is 91.3 Å². The van der Waals surface area contributed by atoms with E-state index in [2.05, 4.69) is 50.7 Å². The Balaban J connectivity index is 1.28. The fourth-order valence-electron chi connectivity index (χ4n) is 4.33. The van der Waals surface area contributed by atoms with Crippen LogP contribution in [0.2, 0.25) is 5.02 Å². The van der Waals surface area contributed by atoms with Gasteiger partial charge in [-0.25, -0.2) is 9.97 Å². The zero-order valence-electron chi connectivity index (χ0n) is 22.6. The number of piperazine rings is 1. The number of nitrogens with one attached hydrogen (secondary N) is 3. The summed E-state index contributed by atoms with van der Waals surface area (Å²) in [5.41, 5.74) is 1.45. The zero-order chi connectivity index (χ0) is 28.6. The highest BCUT2D eigenvalue weighted by molar-refractivity contribution is 7.17. The topological polar surface area (TPSA) is 149 Å². The zero-order valence-corrected chi connectivity index (χ0v) is 24.2. The first-order chi connectivity index (χ1) is 20.0. The Hall–Kier alpha value is -3.85. The molecule has 0 aliphatic carbocycles. The van der Waals surface area contributed by atoms with Crippen molar-refractivity contribution in [3.8, 4) is 0 Å². The molecule has 1 amide bonds. The van der Waals surface area contributed by atoms with E-state index in [1.54, 1.807) is 18.6 Å². The number of aromatic nitrogens is 6. The van der Waals surface area contributed by atoms with E-state index in [0.717, 1.165) is 44.7 Å². The number of thiazole rings is 1. The molecule has 216 valence electrons. The lowest BCUT2D eigenvalue weighted by Crippen LogP contribution is -2.47. The van der Waals surface area contributed by atoms with Crippen molar-refractivity contribution in [2.24, 2.45) is 0 Å². The van der Waals surface area contributed by atoms with E-state index in [9.17, 15) is 9.90 Å². The van der Waals surface area contributed by atoms with Gasteiger partial charge in [-0.1, -0.05) is 35.1 Å². The normalized spacial score (nSPS) is 13.8. The van der Waals surface area contributed by atoms with Gasteiger partial charge in [0.2, 0.25) is 17.8 Å². The van der Waals surface area contributed by atoms with Gasteiger partial charge in [0.15, 0.2) is 5.13 Å². The number of imidazole rings is 1. The van der Waals surface area contributed by atoms with Gasteiger partial charge in [0, 0.05) is 58.2 Å². The van der Waals surface area contributed by atoms with E-state index in [0.29, 0.717) is 51.7 Å². The molecule has 41 heavy (non-hydrogen) atoms. The summed E-state index contributed by atoms with van der Waals surface area (Å²) in [6.07, 6.45) is 7.84. The molecule has 15 heteroatoms. The van der Waals surface area contributed by atoms with Crippen LogP contribution in [0.15, 0.2) is 43.1 Å². The molecule has 0 bridgehead atoms. The summed E-state index contributed by atoms with van der Waals surface area (Å²) >= 11 is 7.46. The highest BCUT2D eigenvalue weighted by atomic mass is 35.5. The molecule has 1 saturated heterocycles. The number of hydrogen-bond acceptors (Lipinski definition) is 12. The third-order valence-electron chi connectivity index (χ3n) is 6.54. The Labute approximate surface area is 246 Å². The maximum atomic E-state index is 12.9. The van der Waals surface area contributed by atoms with Crippen LogP contribution in [0.5, 0.6) is 0 Å². The number of benzene rings is 1. The van der Waals surface area contributed by atoms with Gasteiger partial charge in [-0.05, 0) is 25.0 Å². The van der Waals surface area contributed by atoms with Crippen molar-refractivity contribution in [1.82, 2.24) is 34.4 Å². The minimum absolute atomic E-state index is 0.138. The molecule has 0 saturated carbocycles. The summed E-state index contributed by atoms with van der Waals surface area (Å²) in [5.74, 6) is 1.02. The number of nitrogens with zero attached hydrogens (tertiary/aromatic N) is 8. The number of β-amino-alcohol motifs (C(OH)–C–C–N with tert-alkyl or cyclic N) is 1. The molecule has 4 N–H and O–H groups in total. The van der Waals surface area contributed by atoms with E-state index in [1.165, 1.54) is 17.5 Å². The molecule has 0 radical (unpaired) electrons. The molecule has 0 unspecified atom stereocenters. The van der Waals surface area contributed by atoms with Crippen molar-refractivity contribution >= 4 is 57.5 Å². The first-order valence-electron chi connectivity index (χ1n) is 13.3. The minimum atomic E-state index is -0.302. The molecular weight excluding hydrogens is 566 g/mol. The number of aliphatic hydroxyl groups excluding tert-OH is 1. The Morgan fingerprint density at radius 3 is 2.71 bits per heavy atom. The summed E-state index contributed by atoms with van der Waals surface area (Å²) in [4.78, 5) is 40.0.